The Kier molecular flexibility index (Phi) is 8.07. The lowest BCUT2D eigenvalue weighted by atomic mass is 10.0. The van der Waals surface area contributed by atoms with E-state index in [0.29, 0.717) is 26.7 Å². The number of hydrogen-bond donors (Lipinski definition) is 5. The molecular weight excluding hydrogens is 463 g/mol. The number of aliphatic hydroxyl groups excluding tert-OH is 4. The van der Waals surface area contributed by atoms with Gasteiger partial charge in [0.2, 0.25) is 5.89 Å². The van der Waals surface area contributed by atoms with E-state index in [0.717, 1.165) is 0 Å². The average Bonchev–Trinajstić information content (AvgIpc) is 3.20. The summed E-state index contributed by atoms with van der Waals surface area (Å²) in [6, 6.07) is 9.34. The molecule has 2 aromatic carbocycles. The first-order valence-electron chi connectivity index (χ1n) is 9.61. The number of carbonyl (C=O) groups excluding carboxylic acids is 1. The summed E-state index contributed by atoms with van der Waals surface area (Å²) in [5.74, 6) is -0.528. The summed E-state index contributed by atoms with van der Waals surface area (Å²) in [7, 11) is 1.56. The zero-order chi connectivity index (χ0) is 23.4. The van der Waals surface area contributed by atoms with Gasteiger partial charge in [0.05, 0.1) is 12.2 Å². The van der Waals surface area contributed by atoms with Crippen LogP contribution in [0.5, 0.6) is 0 Å². The minimum atomic E-state index is -1.71. The molecule has 0 amide bonds. The van der Waals surface area contributed by atoms with Crippen molar-refractivity contribution in [1.29, 1.82) is 0 Å². The Balaban J connectivity index is 1.82. The van der Waals surface area contributed by atoms with Crippen LogP contribution in [0.2, 0.25) is 10.0 Å². The highest BCUT2D eigenvalue weighted by Crippen LogP contribution is 2.29. The monoisotopic (exact) mass is 484 g/mol. The van der Waals surface area contributed by atoms with Crippen LogP contribution in [-0.4, -0.2) is 76.0 Å². The fourth-order valence-corrected chi connectivity index (χ4v) is 3.57. The molecule has 4 atom stereocenters. The van der Waals surface area contributed by atoms with Crippen LogP contribution < -0.4 is 5.32 Å². The van der Waals surface area contributed by atoms with E-state index in [9.17, 15) is 20.1 Å². The summed E-state index contributed by atoms with van der Waals surface area (Å²) in [5, 5.41) is 42.3. The van der Waals surface area contributed by atoms with Gasteiger partial charge >= 0.3 is 5.97 Å². The molecule has 32 heavy (non-hydrogen) atoms. The molecule has 5 N–H and O–H groups in total. The first-order valence-corrected chi connectivity index (χ1v) is 10.4. The van der Waals surface area contributed by atoms with E-state index in [1.165, 1.54) is 12.1 Å². The molecular formula is C21H22Cl2N2O7. The molecule has 3 aromatic rings. The molecule has 0 aliphatic heterocycles. The summed E-state index contributed by atoms with van der Waals surface area (Å²) >= 11 is 12.1. The number of nitrogens with one attached hydrogen (secondary N) is 1. The third-order valence-electron chi connectivity index (χ3n) is 4.71. The SMILES string of the molecule is CNCC(OC(=O)c1ccc2nc(-c3cc(Cl)cc(Cl)c3)oc2c1)C(O)C(O)C(O)CO. The summed E-state index contributed by atoms with van der Waals surface area (Å²) < 4.78 is 11.1. The summed E-state index contributed by atoms with van der Waals surface area (Å²) in [5.41, 5.74) is 1.49. The summed E-state index contributed by atoms with van der Waals surface area (Å²) in [4.78, 5) is 17.0. The van der Waals surface area contributed by atoms with E-state index in [2.05, 4.69) is 10.3 Å². The van der Waals surface area contributed by atoms with Crippen molar-refractivity contribution in [2.75, 3.05) is 20.2 Å². The van der Waals surface area contributed by atoms with Crippen LogP contribution in [0, 0.1) is 0 Å². The number of benzene rings is 2. The molecule has 0 spiro atoms. The Morgan fingerprint density at radius 3 is 2.44 bits per heavy atom. The average molecular weight is 485 g/mol. The van der Waals surface area contributed by atoms with Crippen LogP contribution >= 0.6 is 23.2 Å². The van der Waals surface area contributed by atoms with Crippen LogP contribution in [-0.2, 0) is 4.74 Å². The lowest BCUT2D eigenvalue weighted by Crippen LogP contribution is -2.50. The van der Waals surface area contributed by atoms with Crippen LogP contribution in [0.15, 0.2) is 40.8 Å². The maximum absolute atomic E-state index is 12.7. The van der Waals surface area contributed by atoms with Gasteiger partial charge in [-0.3, -0.25) is 0 Å². The van der Waals surface area contributed by atoms with Gasteiger partial charge < -0.3 is 34.9 Å². The fourth-order valence-electron chi connectivity index (χ4n) is 3.05. The number of aromatic nitrogens is 1. The van der Waals surface area contributed by atoms with Crippen LogP contribution in [0.25, 0.3) is 22.6 Å². The van der Waals surface area contributed by atoms with Gasteiger partial charge in [-0.1, -0.05) is 23.2 Å². The Morgan fingerprint density at radius 1 is 1.12 bits per heavy atom. The number of rotatable bonds is 9. The topological polar surface area (TPSA) is 145 Å². The highest BCUT2D eigenvalue weighted by Gasteiger charge is 2.33. The second kappa shape index (κ2) is 10.6. The number of likely N-dealkylation sites (N-methyl/N-ethyl adjacent to an activating group) is 1. The van der Waals surface area contributed by atoms with Crippen LogP contribution in [0.1, 0.15) is 10.4 Å². The predicted octanol–water partition coefficient (Wildman–Crippen LogP) is 1.62. The zero-order valence-electron chi connectivity index (χ0n) is 16.9. The van der Waals surface area contributed by atoms with Gasteiger partial charge in [0, 0.05) is 22.2 Å². The number of hydrogen-bond acceptors (Lipinski definition) is 9. The molecule has 3 rings (SSSR count). The third kappa shape index (κ3) is 5.57. The minimum Gasteiger partial charge on any atom is -0.455 e. The molecule has 11 heteroatoms. The smallest absolute Gasteiger partial charge is 0.338 e. The van der Waals surface area contributed by atoms with Gasteiger partial charge in [0.1, 0.15) is 29.9 Å². The second-order valence-electron chi connectivity index (χ2n) is 7.09. The van der Waals surface area contributed by atoms with Gasteiger partial charge in [0.25, 0.3) is 0 Å². The largest absolute Gasteiger partial charge is 0.455 e. The van der Waals surface area contributed by atoms with E-state index >= 15 is 0 Å². The molecule has 0 fully saturated rings. The molecule has 0 radical (unpaired) electrons. The molecule has 0 saturated carbocycles. The molecule has 0 aliphatic rings. The Bertz CT molecular complexity index is 1070. The molecule has 0 bridgehead atoms. The number of carbonyl (C=O) groups is 1. The minimum absolute atomic E-state index is 0.00760. The molecule has 0 saturated heterocycles. The van der Waals surface area contributed by atoms with Crippen LogP contribution in [0.3, 0.4) is 0 Å². The lowest BCUT2D eigenvalue weighted by molar-refractivity contribution is -0.116. The van der Waals surface area contributed by atoms with Crippen molar-refractivity contribution in [2.24, 2.45) is 0 Å². The van der Waals surface area contributed by atoms with Gasteiger partial charge in [-0.2, -0.15) is 0 Å². The highest BCUT2D eigenvalue weighted by molar-refractivity contribution is 6.35. The molecule has 4 unspecified atom stereocenters. The standard InChI is InChI=1S/C21H22Cl2N2O7/c1-24-8-17(19(29)18(28)15(27)9-26)32-21(30)10-2-3-14-16(6-10)31-20(25-14)11-4-12(22)7-13(23)5-11/h2-7,15,17-19,24,26-29H,8-9H2,1H3. The van der Waals surface area contributed by atoms with E-state index < -0.39 is 37.0 Å². The van der Waals surface area contributed by atoms with E-state index in [1.54, 1.807) is 31.3 Å². The summed E-state index contributed by atoms with van der Waals surface area (Å²) in [6.07, 6.45) is -6.14. The quantitative estimate of drug-likeness (QED) is 0.286. The van der Waals surface area contributed by atoms with Crippen molar-refractivity contribution in [3.8, 4) is 11.5 Å². The van der Waals surface area contributed by atoms with Crippen molar-refractivity contribution < 1.29 is 34.4 Å². The van der Waals surface area contributed by atoms with Crippen molar-refractivity contribution in [2.45, 2.75) is 24.4 Å². The van der Waals surface area contributed by atoms with Crippen molar-refractivity contribution in [3.63, 3.8) is 0 Å². The van der Waals surface area contributed by atoms with Crippen LogP contribution in [0.4, 0.5) is 0 Å². The van der Waals surface area contributed by atoms with E-state index in [1.807, 2.05) is 0 Å². The number of ether oxygens (including phenoxy) is 1. The van der Waals surface area contributed by atoms with E-state index in [4.69, 9.17) is 37.5 Å². The van der Waals surface area contributed by atoms with Crippen molar-refractivity contribution >= 4 is 40.3 Å². The van der Waals surface area contributed by atoms with Gasteiger partial charge in [-0.05, 0) is 43.4 Å². The normalized spacial score (nSPS) is 15.3. The van der Waals surface area contributed by atoms with Crippen molar-refractivity contribution in [3.05, 3.63) is 52.0 Å². The Hall–Kier alpha value is -2.24. The number of fused-ring (bicyclic) bond motifs is 1. The number of nitrogens with zero attached hydrogens (tertiary/aromatic N) is 1. The molecule has 0 aliphatic carbocycles. The second-order valence-corrected chi connectivity index (χ2v) is 7.97. The molecule has 172 valence electrons. The third-order valence-corrected chi connectivity index (χ3v) is 5.15. The van der Waals surface area contributed by atoms with Gasteiger partial charge in [0.15, 0.2) is 5.58 Å². The maximum atomic E-state index is 12.7. The lowest BCUT2D eigenvalue weighted by Gasteiger charge is -2.28. The Labute approximate surface area is 193 Å². The molecule has 1 heterocycles. The number of oxazole rings is 1. The highest BCUT2D eigenvalue weighted by atomic mass is 35.5. The molecule has 1 aromatic heterocycles. The van der Waals surface area contributed by atoms with E-state index in [-0.39, 0.29) is 18.0 Å². The molecule has 9 nitrogen and oxygen atoms in total. The van der Waals surface area contributed by atoms with Gasteiger partial charge in [-0.15, -0.1) is 0 Å². The number of halogens is 2. The summed E-state index contributed by atoms with van der Waals surface area (Å²) in [6.45, 7) is -0.771. The van der Waals surface area contributed by atoms with Gasteiger partial charge in [-0.25, -0.2) is 9.78 Å². The number of esters is 1. The maximum Gasteiger partial charge on any atom is 0.338 e. The number of aliphatic hydroxyl groups is 4. The first-order chi connectivity index (χ1) is 15.2. The first kappa shape index (κ1) is 24.4. The zero-order valence-corrected chi connectivity index (χ0v) is 18.4. The fraction of sp³-hybridized carbons (Fsp3) is 0.333. The predicted molar refractivity (Wildman–Crippen MR) is 118 cm³/mol. The Morgan fingerprint density at radius 2 is 1.81 bits per heavy atom. The van der Waals surface area contributed by atoms with Crippen molar-refractivity contribution in [1.82, 2.24) is 10.3 Å².